The van der Waals surface area contributed by atoms with Gasteiger partial charge in [-0.15, -0.1) is 0 Å². The van der Waals surface area contributed by atoms with Crippen molar-refractivity contribution in [1.82, 2.24) is 5.32 Å². The van der Waals surface area contributed by atoms with E-state index in [2.05, 4.69) is 19.2 Å². The lowest BCUT2D eigenvalue weighted by molar-refractivity contribution is -0.0328. The SMILES string of the molecule is CCCCCNC(C)Cc1cccc(SC(F)(F)F)c1. The molecule has 1 aromatic carbocycles. The van der Waals surface area contributed by atoms with Crippen LogP contribution in [0.4, 0.5) is 13.2 Å². The van der Waals surface area contributed by atoms with Crippen LogP contribution in [0, 0.1) is 0 Å². The molecule has 0 aliphatic rings. The molecule has 0 heterocycles. The summed E-state index contributed by atoms with van der Waals surface area (Å²) in [4.78, 5) is 0.258. The molecule has 5 heteroatoms. The van der Waals surface area contributed by atoms with E-state index >= 15 is 0 Å². The molecule has 0 saturated carbocycles. The average molecular weight is 305 g/mol. The van der Waals surface area contributed by atoms with E-state index in [-0.39, 0.29) is 22.7 Å². The summed E-state index contributed by atoms with van der Waals surface area (Å²) in [5.74, 6) is 0. The molecule has 0 radical (unpaired) electrons. The summed E-state index contributed by atoms with van der Waals surface area (Å²) in [6.45, 7) is 5.19. The van der Waals surface area contributed by atoms with Crippen molar-refractivity contribution in [1.29, 1.82) is 0 Å². The van der Waals surface area contributed by atoms with Gasteiger partial charge in [0.1, 0.15) is 0 Å². The highest BCUT2D eigenvalue weighted by molar-refractivity contribution is 8.00. The Hall–Kier alpha value is -0.680. The van der Waals surface area contributed by atoms with E-state index in [9.17, 15) is 13.2 Å². The lowest BCUT2D eigenvalue weighted by Gasteiger charge is -2.14. The molecule has 1 aromatic rings. The van der Waals surface area contributed by atoms with Crippen molar-refractivity contribution in [2.75, 3.05) is 6.54 Å². The fourth-order valence-electron chi connectivity index (χ4n) is 2.02. The van der Waals surface area contributed by atoms with Crippen molar-refractivity contribution in [3.05, 3.63) is 29.8 Å². The molecule has 0 fully saturated rings. The third-order valence-electron chi connectivity index (χ3n) is 2.95. The first kappa shape index (κ1) is 17.4. The average Bonchev–Trinajstić information content (AvgIpc) is 2.33. The second-order valence-corrected chi connectivity index (χ2v) is 6.10. The maximum atomic E-state index is 12.3. The third-order valence-corrected chi connectivity index (χ3v) is 3.67. The maximum Gasteiger partial charge on any atom is 0.446 e. The molecular weight excluding hydrogens is 283 g/mol. The molecule has 1 rings (SSSR count). The summed E-state index contributed by atoms with van der Waals surface area (Å²) < 4.78 is 37.0. The molecule has 1 atom stereocenters. The van der Waals surface area contributed by atoms with E-state index in [4.69, 9.17) is 0 Å². The molecule has 0 spiro atoms. The van der Waals surface area contributed by atoms with Gasteiger partial charge in [0.2, 0.25) is 0 Å². The monoisotopic (exact) mass is 305 g/mol. The lowest BCUT2D eigenvalue weighted by atomic mass is 10.1. The number of thioether (sulfide) groups is 1. The predicted octanol–water partition coefficient (Wildman–Crippen LogP) is 5.01. The van der Waals surface area contributed by atoms with Gasteiger partial charge in [-0.3, -0.25) is 0 Å². The summed E-state index contributed by atoms with van der Waals surface area (Å²) >= 11 is -0.0540. The Kier molecular flexibility index (Phi) is 7.45. The first-order chi connectivity index (χ1) is 9.40. The Balaban J connectivity index is 2.45. The van der Waals surface area contributed by atoms with Crippen molar-refractivity contribution in [2.45, 2.75) is 56.0 Å². The number of halogens is 3. The number of alkyl halides is 3. The fourth-order valence-corrected chi connectivity index (χ4v) is 2.64. The van der Waals surface area contributed by atoms with Gasteiger partial charge >= 0.3 is 5.51 Å². The normalized spacial score (nSPS) is 13.4. The number of nitrogens with one attached hydrogen (secondary N) is 1. The molecule has 1 nitrogen and oxygen atoms in total. The number of rotatable bonds is 8. The minimum Gasteiger partial charge on any atom is -0.314 e. The van der Waals surface area contributed by atoms with Gasteiger partial charge in [-0.2, -0.15) is 13.2 Å². The molecule has 0 bridgehead atoms. The Morgan fingerprint density at radius 1 is 1.25 bits per heavy atom. The van der Waals surface area contributed by atoms with E-state index in [1.54, 1.807) is 12.1 Å². The van der Waals surface area contributed by atoms with Crippen molar-refractivity contribution in [2.24, 2.45) is 0 Å². The molecule has 0 aromatic heterocycles. The van der Waals surface area contributed by atoms with Crippen molar-refractivity contribution in [3.8, 4) is 0 Å². The summed E-state index contributed by atoms with van der Waals surface area (Å²) in [7, 11) is 0. The molecule has 114 valence electrons. The lowest BCUT2D eigenvalue weighted by Crippen LogP contribution is -2.28. The molecule has 0 aliphatic heterocycles. The second-order valence-electron chi connectivity index (χ2n) is 4.96. The van der Waals surface area contributed by atoms with Crippen molar-refractivity contribution < 1.29 is 13.2 Å². The Labute approximate surface area is 123 Å². The molecule has 0 saturated heterocycles. The van der Waals surface area contributed by atoms with Gasteiger partial charge in [-0.05, 0) is 55.8 Å². The molecule has 1 unspecified atom stereocenters. The molecule has 0 amide bonds. The Bertz CT molecular complexity index is 393. The summed E-state index contributed by atoms with van der Waals surface area (Å²) in [6.07, 6.45) is 4.29. The zero-order valence-corrected chi connectivity index (χ0v) is 12.8. The first-order valence-corrected chi connectivity index (χ1v) is 7.80. The van der Waals surface area contributed by atoms with Gasteiger partial charge in [0, 0.05) is 10.9 Å². The maximum absolute atomic E-state index is 12.3. The second kappa shape index (κ2) is 8.57. The number of hydrogen-bond donors (Lipinski definition) is 1. The summed E-state index contributed by atoms with van der Waals surface area (Å²) in [6, 6.07) is 6.97. The van der Waals surface area contributed by atoms with Crippen LogP contribution in [-0.4, -0.2) is 18.1 Å². The minimum absolute atomic E-state index is 0.0540. The van der Waals surface area contributed by atoms with E-state index in [1.165, 1.54) is 18.9 Å². The van der Waals surface area contributed by atoms with Gasteiger partial charge in [-0.1, -0.05) is 31.9 Å². The van der Waals surface area contributed by atoms with Crippen LogP contribution < -0.4 is 5.32 Å². The molecular formula is C15H22F3NS. The van der Waals surface area contributed by atoms with Gasteiger partial charge in [0.25, 0.3) is 0 Å². The highest BCUT2D eigenvalue weighted by Gasteiger charge is 2.29. The summed E-state index contributed by atoms with van der Waals surface area (Å²) in [5.41, 5.74) is -3.28. The zero-order chi connectivity index (χ0) is 15.0. The number of benzene rings is 1. The number of hydrogen-bond acceptors (Lipinski definition) is 2. The Morgan fingerprint density at radius 2 is 2.00 bits per heavy atom. The predicted molar refractivity (Wildman–Crippen MR) is 79.0 cm³/mol. The van der Waals surface area contributed by atoms with Crippen molar-refractivity contribution in [3.63, 3.8) is 0 Å². The van der Waals surface area contributed by atoms with E-state index in [1.807, 2.05) is 6.07 Å². The van der Waals surface area contributed by atoms with Crippen LogP contribution in [-0.2, 0) is 6.42 Å². The minimum atomic E-state index is -4.22. The van der Waals surface area contributed by atoms with Gasteiger partial charge in [-0.25, -0.2) is 0 Å². The smallest absolute Gasteiger partial charge is 0.314 e. The topological polar surface area (TPSA) is 12.0 Å². The van der Waals surface area contributed by atoms with Crippen molar-refractivity contribution >= 4 is 11.8 Å². The van der Waals surface area contributed by atoms with Crippen LogP contribution in [0.15, 0.2) is 29.2 Å². The number of unbranched alkanes of at least 4 members (excludes halogenated alkanes) is 2. The largest absolute Gasteiger partial charge is 0.446 e. The quantitative estimate of drug-likeness (QED) is 0.535. The highest BCUT2D eigenvalue weighted by Crippen LogP contribution is 2.36. The van der Waals surface area contributed by atoms with E-state index in [0.29, 0.717) is 0 Å². The third kappa shape index (κ3) is 7.80. The molecule has 0 aliphatic carbocycles. The van der Waals surface area contributed by atoms with Crippen LogP contribution in [0.5, 0.6) is 0 Å². The highest BCUT2D eigenvalue weighted by atomic mass is 32.2. The van der Waals surface area contributed by atoms with E-state index in [0.717, 1.165) is 24.9 Å². The molecule has 20 heavy (non-hydrogen) atoms. The van der Waals surface area contributed by atoms with Crippen LogP contribution in [0.2, 0.25) is 0 Å². The van der Waals surface area contributed by atoms with Crippen LogP contribution in [0.1, 0.15) is 38.7 Å². The van der Waals surface area contributed by atoms with E-state index < -0.39 is 5.51 Å². The van der Waals surface area contributed by atoms with Crippen LogP contribution in [0.3, 0.4) is 0 Å². The van der Waals surface area contributed by atoms with Gasteiger partial charge in [0.05, 0.1) is 0 Å². The summed E-state index contributed by atoms with van der Waals surface area (Å²) in [5, 5.41) is 3.40. The fraction of sp³-hybridized carbons (Fsp3) is 0.600. The Morgan fingerprint density at radius 3 is 2.65 bits per heavy atom. The van der Waals surface area contributed by atoms with Gasteiger partial charge < -0.3 is 5.32 Å². The zero-order valence-electron chi connectivity index (χ0n) is 12.0. The van der Waals surface area contributed by atoms with Crippen LogP contribution in [0.25, 0.3) is 0 Å². The molecule has 1 N–H and O–H groups in total. The first-order valence-electron chi connectivity index (χ1n) is 6.99. The van der Waals surface area contributed by atoms with Crippen LogP contribution >= 0.6 is 11.8 Å². The standard InChI is InChI=1S/C15H22F3NS/c1-3-4-5-9-19-12(2)10-13-7-6-8-14(11-13)20-15(16,17)18/h6-8,11-12,19H,3-5,9-10H2,1-2H3. The van der Waals surface area contributed by atoms with Gasteiger partial charge in [0.15, 0.2) is 0 Å².